The van der Waals surface area contributed by atoms with Crippen molar-refractivity contribution >= 4 is 5.97 Å². The maximum Gasteiger partial charge on any atom is 0.337 e. The van der Waals surface area contributed by atoms with Crippen molar-refractivity contribution < 1.29 is 38.3 Å². The Hall–Kier alpha value is -1.79. The molecule has 2 aliphatic heterocycles. The van der Waals surface area contributed by atoms with Gasteiger partial charge in [-0.15, -0.1) is 0 Å². The van der Waals surface area contributed by atoms with Gasteiger partial charge in [-0.1, -0.05) is 26.8 Å². The standard InChI is InChI=1S/C36H60N2O8/c1-25-10-13-28(46-29(39)22-45-19-18-44-17-16-41-7)31(42-8)30(25)35(14-15-38(26(2)20-35)21-27-11-12-27)23-36(43-9)24-37-32(36)34(6,40)33(3,4)5/h10,13,26-27,32,37,40H,11-12,14-24H2,1-9H3/t26?,32?,34?,35?,36-/m1/s1. The molecule has 1 saturated carbocycles. The number of esters is 1. The lowest BCUT2D eigenvalue weighted by Gasteiger charge is -2.61. The molecule has 1 aromatic rings. The fraction of sp³-hybridized carbons (Fsp3) is 0.806. The zero-order chi connectivity index (χ0) is 33.8. The lowest BCUT2D eigenvalue weighted by Crippen LogP contribution is -2.79. The molecule has 1 aromatic carbocycles. The van der Waals surface area contributed by atoms with Crippen LogP contribution in [0, 0.1) is 18.3 Å². The average Bonchev–Trinajstić information content (AvgIpc) is 3.80. The second-order valence-corrected chi connectivity index (χ2v) is 15.1. The predicted molar refractivity (Wildman–Crippen MR) is 178 cm³/mol. The van der Waals surface area contributed by atoms with Gasteiger partial charge in [0.1, 0.15) is 6.61 Å². The van der Waals surface area contributed by atoms with Gasteiger partial charge in [0, 0.05) is 44.3 Å². The minimum atomic E-state index is -1.02. The number of benzene rings is 1. The second-order valence-electron chi connectivity index (χ2n) is 15.1. The third kappa shape index (κ3) is 8.08. The van der Waals surface area contributed by atoms with Crippen molar-refractivity contribution in [2.45, 2.75) is 102 Å². The molecule has 0 radical (unpaired) electrons. The summed E-state index contributed by atoms with van der Waals surface area (Å²) in [6.07, 6.45) is 5.14. The first kappa shape index (κ1) is 37.0. The van der Waals surface area contributed by atoms with E-state index in [0.29, 0.717) is 50.3 Å². The lowest BCUT2D eigenvalue weighted by molar-refractivity contribution is -0.200. The topological polar surface area (TPSA) is 108 Å². The van der Waals surface area contributed by atoms with Gasteiger partial charge in [-0.3, -0.25) is 0 Å². The number of aliphatic hydroxyl groups is 1. The van der Waals surface area contributed by atoms with Crippen molar-refractivity contribution in [3.8, 4) is 11.5 Å². The van der Waals surface area contributed by atoms with Crippen LogP contribution in [0.4, 0.5) is 0 Å². The van der Waals surface area contributed by atoms with Crippen LogP contribution in [-0.4, -0.2) is 113 Å². The highest BCUT2D eigenvalue weighted by Gasteiger charge is 2.62. The van der Waals surface area contributed by atoms with Gasteiger partial charge < -0.3 is 43.7 Å². The summed E-state index contributed by atoms with van der Waals surface area (Å²) in [6.45, 7) is 16.8. The van der Waals surface area contributed by atoms with Crippen molar-refractivity contribution in [1.29, 1.82) is 0 Å². The van der Waals surface area contributed by atoms with E-state index in [1.807, 2.05) is 19.1 Å². The lowest BCUT2D eigenvalue weighted by atomic mass is 9.57. The number of hydrogen-bond acceptors (Lipinski definition) is 10. The zero-order valence-corrected chi connectivity index (χ0v) is 29.8. The number of rotatable bonds is 17. The maximum atomic E-state index is 12.9. The molecule has 46 heavy (non-hydrogen) atoms. The van der Waals surface area contributed by atoms with Gasteiger partial charge in [-0.2, -0.15) is 0 Å². The van der Waals surface area contributed by atoms with E-state index in [2.05, 4.69) is 44.8 Å². The van der Waals surface area contributed by atoms with Crippen molar-refractivity contribution in [3.05, 3.63) is 23.3 Å². The van der Waals surface area contributed by atoms with E-state index in [1.165, 1.54) is 12.8 Å². The first-order chi connectivity index (χ1) is 21.7. The quantitative estimate of drug-likeness (QED) is 0.145. The van der Waals surface area contributed by atoms with Crippen molar-refractivity contribution in [1.82, 2.24) is 10.2 Å². The van der Waals surface area contributed by atoms with Crippen molar-refractivity contribution in [3.63, 3.8) is 0 Å². The van der Waals surface area contributed by atoms with E-state index in [1.54, 1.807) is 21.3 Å². The summed E-state index contributed by atoms with van der Waals surface area (Å²) < 4.78 is 34.4. The maximum absolute atomic E-state index is 12.9. The van der Waals surface area contributed by atoms with Crippen LogP contribution >= 0.6 is 0 Å². The second kappa shape index (κ2) is 15.2. The summed E-state index contributed by atoms with van der Waals surface area (Å²) in [7, 11) is 5.04. The zero-order valence-electron chi connectivity index (χ0n) is 29.8. The molecule has 4 unspecified atom stereocenters. The number of nitrogens with zero attached hydrogens (tertiary/aromatic N) is 1. The molecule has 2 saturated heterocycles. The Balaban J connectivity index is 1.64. The molecular formula is C36H60N2O8. The SMILES string of the molecule is COCCOCCOCC(=O)Oc1ccc(C)c(C2(C[C@@]3(OC)CNC3C(C)(O)C(C)(C)C)CCN(CC3CC3)C(C)C2)c1OC. The van der Waals surface area contributed by atoms with E-state index in [0.717, 1.165) is 43.0 Å². The van der Waals surface area contributed by atoms with Gasteiger partial charge in [0.25, 0.3) is 0 Å². The van der Waals surface area contributed by atoms with Crippen LogP contribution in [0.1, 0.15) is 77.8 Å². The van der Waals surface area contributed by atoms with E-state index in [9.17, 15) is 9.90 Å². The fourth-order valence-electron chi connectivity index (χ4n) is 7.60. The van der Waals surface area contributed by atoms with Crippen LogP contribution in [0.3, 0.4) is 0 Å². The summed E-state index contributed by atoms with van der Waals surface area (Å²) in [5.41, 5.74) is -0.199. The minimum Gasteiger partial charge on any atom is -0.493 e. The highest BCUT2D eigenvalue weighted by molar-refractivity contribution is 5.75. The first-order valence-corrected chi connectivity index (χ1v) is 17.0. The Labute approximate surface area is 276 Å². The number of carbonyl (C=O) groups excluding carboxylic acids is 1. The van der Waals surface area contributed by atoms with Crippen molar-refractivity contribution in [2.75, 3.05) is 74.0 Å². The first-order valence-electron chi connectivity index (χ1n) is 17.0. The predicted octanol–water partition coefficient (Wildman–Crippen LogP) is 4.26. The summed E-state index contributed by atoms with van der Waals surface area (Å²) in [6, 6.07) is 3.92. The summed E-state index contributed by atoms with van der Waals surface area (Å²) in [5, 5.41) is 15.5. The molecular weight excluding hydrogens is 588 g/mol. The largest absolute Gasteiger partial charge is 0.493 e. The van der Waals surface area contributed by atoms with E-state index in [4.69, 9.17) is 28.4 Å². The Bertz CT molecular complexity index is 1160. The molecule has 1 aliphatic carbocycles. The molecule has 0 aromatic heterocycles. The normalized spacial score (nSPS) is 28.4. The molecule has 0 spiro atoms. The highest BCUT2D eigenvalue weighted by atomic mass is 16.6. The summed E-state index contributed by atoms with van der Waals surface area (Å²) in [4.78, 5) is 15.6. The number of piperidine rings is 1. The number of aryl methyl sites for hydroxylation is 1. The Morgan fingerprint density at radius 2 is 1.76 bits per heavy atom. The van der Waals surface area contributed by atoms with E-state index >= 15 is 0 Å². The molecule has 3 aliphatic rings. The molecule has 2 heterocycles. The number of ether oxygens (including phenoxy) is 6. The van der Waals surface area contributed by atoms with Crippen LogP contribution < -0.4 is 14.8 Å². The van der Waals surface area contributed by atoms with Crippen LogP contribution in [0.15, 0.2) is 12.1 Å². The van der Waals surface area contributed by atoms with Crippen LogP contribution in [0.25, 0.3) is 0 Å². The van der Waals surface area contributed by atoms with Gasteiger partial charge >= 0.3 is 5.97 Å². The van der Waals surface area contributed by atoms with Gasteiger partial charge in [-0.05, 0) is 82.4 Å². The van der Waals surface area contributed by atoms with Gasteiger partial charge in [-0.25, -0.2) is 4.79 Å². The van der Waals surface area contributed by atoms with Gasteiger partial charge in [0.2, 0.25) is 0 Å². The third-order valence-corrected chi connectivity index (χ3v) is 10.9. The number of hydrogen-bond donors (Lipinski definition) is 2. The summed E-state index contributed by atoms with van der Waals surface area (Å²) >= 11 is 0. The summed E-state index contributed by atoms with van der Waals surface area (Å²) in [5.74, 6) is 1.28. The molecule has 10 nitrogen and oxygen atoms in total. The minimum absolute atomic E-state index is 0.194. The molecule has 3 fully saturated rings. The molecule has 0 amide bonds. The molecule has 2 N–H and O–H groups in total. The van der Waals surface area contributed by atoms with Gasteiger partial charge in [0.15, 0.2) is 11.5 Å². The molecule has 4 rings (SSSR count). The number of methoxy groups -OCH3 is 3. The number of carbonyl (C=O) groups is 1. The Morgan fingerprint density at radius 3 is 2.33 bits per heavy atom. The smallest absolute Gasteiger partial charge is 0.337 e. The molecule has 10 heteroatoms. The Morgan fingerprint density at radius 1 is 1.07 bits per heavy atom. The molecule has 5 atom stereocenters. The molecule has 262 valence electrons. The average molecular weight is 649 g/mol. The monoisotopic (exact) mass is 648 g/mol. The third-order valence-electron chi connectivity index (χ3n) is 10.9. The van der Waals surface area contributed by atoms with Crippen LogP contribution in [0.2, 0.25) is 0 Å². The Kier molecular flexibility index (Phi) is 12.2. The van der Waals surface area contributed by atoms with E-state index < -0.39 is 17.2 Å². The van der Waals surface area contributed by atoms with Crippen LogP contribution in [-0.2, 0) is 29.2 Å². The van der Waals surface area contributed by atoms with Crippen molar-refractivity contribution in [2.24, 2.45) is 11.3 Å². The van der Waals surface area contributed by atoms with Crippen LogP contribution in [0.5, 0.6) is 11.5 Å². The van der Waals surface area contributed by atoms with Gasteiger partial charge in [0.05, 0.1) is 50.8 Å². The molecule has 0 bridgehead atoms. The van der Waals surface area contributed by atoms with E-state index in [-0.39, 0.29) is 30.1 Å². The number of likely N-dealkylation sites (tertiary alicyclic amines) is 1. The fourth-order valence-corrected chi connectivity index (χ4v) is 7.60. The number of nitrogens with one attached hydrogen (secondary N) is 1. The highest BCUT2D eigenvalue weighted by Crippen LogP contribution is 2.55.